The van der Waals surface area contributed by atoms with Crippen LogP contribution in [-0.2, 0) is 11.2 Å². The van der Waals surface area contributed by atoms with Gasteiger partial charge in [0.1, 0.15) is 11.3 Å². The monoisotopic (exact) mass is 529 g/mol. The number of fused-ring (bicyclic) bond motifs is 2. The van der Waals surface area contributed by atoms with Gasteiger partial charge < -0.3 is 19.2 Å². The van der Waals surface area contributed by atoms with Crippen molar-refractivity contribution in [1.82, 2.24) is 4.98 Å². The highest BCUT2D eigenvalue weighted by Gasteiger charge is 2.30. The first-order chi connectivity index (χ1) is 19.5. The normalized spacial score (nSPS) is 12.0. The molecule has 0 radical (unpaired) electrons. The molecule has 6 heteroatoms. The summed E-state index contributed by atoms with van der Waals surface area (Å²) in [6.45, 7) is 2.12. The molecule has 0 saturated heterocycles. The van der Waals surface area contributed by atoms with Crippen molar-refractivity contribution in [2.24, 2.45) is 0 Å². The largest absolute Gasteiger partial charge is 0.507 e. The summed E-state index contributed by atoms with van der Waals surface area (Å²) in [7, 11) is 0. The first-order valence-electron chi connectivity index (χ1n) is 13.1. The summed E-state index contributed by atoms with van der Waals surface area (Å²) in [6.07, 6.45) is 0.403. The predicted molar refractivity (Wildman–Crippen MR) is 155 cm³/mol. The van der Waals surface area contributed by atoms with Gasteiger partial charge in [-0.2, -0.15) is 0 Å². The minimum absolute atomic E-state index is 0.113. The van der Waals surface area contributed by atoms with Crippen LogP contribution in [-0.4, -0.2) is 22.7 Å². The van der Waals surface area contributed by atoms with Gasteiger partial charge in [-0.05, 0) is 48.4 Å². The molecule has 0 aliphatic heterocycles. The van der Waals surface area contributed by atoms with E-state index < -0.39 is 17.5 Å². The van der Waals surface area contributed by atoms with E-state index in [1.165, 1.54) is 0 Å². The number of esters is 1. The molecule has 6 nitrogen and oxygen atoms in total. The average Bonchev–Trinajstić information content (AvgIpc) is 3.33. The fraction of sp³-hybridized carbons (Fsp3) is 0.118. The van der Waals surface area contributed by atoms with E-state index in [4.69, 9.17) is 9.15 Å². The van der Waals surface area contributed by atoms with Crippen LogP contribution in [0.2, 0.25) is 0 Å². The van der Waals surface area contributed by atoms with Crippen LogP contribution in [0.25, 0.3) is 21.9 Å². The summed E-state index contributed by atoms with van der Waals surface area (Å²) < 4.78 is 11.3. The summed E-state index contributed by atoms with van der Waals surface area (Å²) >= 11 is 0. The number of H-pyrrole nitrogens is 1. The van der Waals surface area contributed by atoms with E-state index in [1.807, 2.05) is 61.5 Å². The van der Waals surface area contributed by atoms with Gasteiger partial charge in [-0.25, -0.2) is 9.59 Å². The molecule has 2 N–H and O–H groups in total. The molecule has 6 rings (SSSR count). The van der Waals surface area contributed by atoms with Crippen LogP contribution < -0.4 is 5.63 Å². The van der Waals surface area contributed by atoms with Gasteiger partial charge >= 0.3 is 11.6 Å². The number of carbonyl (C=O) groups excluding carboxylic acids is 1. The molecule has 40 heavy (non-hydrogen) atoms. The Hall–Kier alpha value is -5.10. The minimum atomic E-state index is -0.659. The molecule has 198 valence electrons. The van der Waals surface area contributed by atoms with E-state index >= 15 is 0 Å². The highest BCUT2D eigenvalue weighted by atomic mass is 16.5. The van der Waals surface area contributed by atoms with Crippen LogP contribution in [0.3, 0.4) is 0 Å². The van der Waals surface area contributed by atoms with Crippen LogP contribution in [0.15, 0.2) is 112 Å². The van der Waals surface area contributed by atoms with Gasteiger partial charge in [-0.1, -0.05) is 78.4 Å². The SMILES string of the molecule is Cc1cccc(C(c2[nH]c3ccccc3c2CCOC(=O)c2ccccc2)c2c(O)c3ccccc3oc2=O)c1. The van der Waals surface area contributed by atoms with Crippen molar-refractivity contribution in [2.45, 2.75) is 19.3 Å². The van der Waals surface area contributed by atoms with E-state index in [1.54, 1.807) is 48.5 Å². The van der Waals surface area contributed by atoms with E-state index in [2.05, 4.69) is 4.98 Å². The summed E-state index contributed by atoms with van der Waals surface area (Å²) in [5.41, 5.74) is 4.70. The molecule has 1 atom stereocenters. The maximum absolute atomic E-state index is 13.5. The first kappa shape index (κ1) is 25.2. The number of carbonyl (C=O) groups is 1. The average molecular weight is 530 g/mol. The summed E-state index contributed by atoms with van der Waals surface area (Å²) in [6, 6.07) is 31.5. The molecule has 0 aliphatic rings. The third-order valence-electron chi connectivity index (χ3n) is 7.21. The quantitative estimate of drug-likeness (QED) is 0.174. The lowest BCUT2D eigenvalue weighted by Crippen LogP contribution is -2.17. The smallest absolute Gasteiger partial charge is 0.344 e. The van der Waals surface area contributed by atoms with Gasteiger partial charge in [0.05, 0.1) is 29.0 Å². The number of para-hydroxylation sites is 2. The zero-order chi connectivity index (χ0) is 27.6. The first-order valence-corrected chi connectivity index (χ1v) is 13.1. The van der Waals surface area contributed by atoms with E-state index in [0.717, 1.165) is 33.3 Å². The Morgan fingerprint density at radius 3 is 2.42 bits per heavy atom. The number of aromatic hydroxyl groups is 1. The van der Waals surface area contributed by atoms with Gasteiger partial charge in [0.25, 0.3) is 0 Å². The maximum Gasteiger partial charge on any atom is 0.344 e. The molecule has 0 saturated carbocycles. The number of hydrogen-bond donors (Lipinski definition) is 2. The molecule has 2 heterocycles. The van der Waals surface area contributed by atoms with Crippen molar-refractivity contribution >= 4 is 27.8 Å². The van der Waals surface area contributed by atoms with E-state index in [-0.39, 0.29) is 17.9 Å². The van der Waals surface area contributed by atoms with Gasteiger partial charge in [-0.3, -0.25) is 0 Å². The standard InChI is InChI=1S/C34H27NO5/c1-21-10-9-13-23(20-21)29(30-32(36)26-15-6-8-17-28(26)40-34(30)38)31-25(24-14-5-7-16-27(24)35-31)18-19-39-33(37)22-11-3-2-4-12-22/h2-17,20,29,35-36H,18-19H2,1H3. The predicted octanol–water partition coefficient (Wildman–Crippen LogP) is 6.87. The molecule has 0 amide bonds. The van der Waals surface area contributed by atoms with Crippen LogP contribution in [0.1, 0.15) is 44.2 Å². The highest BCUT2D eigenvalue weighted by Crippen LogP contribution is 2.41. The van der Waals surface area contributed by atoms with Crippen LogP contribution in [0.4, 0.5) is 0 Å². The number of aryl methyl sites for hydroxylation is 1. The molecule has 4 aromatic carbocycles. The molecule has 6 aromatic rings. The molecule has 0 spiro atoms. The number of aromatic nitrogens is 1. The second kappa shape index (κ2) is 10.6. The number of ether oxygens (including phenoxy) is 1. The van der Waals surface area contributed by atoms with Gasteiger partial charge in [-0.15, -0.1) is 0 Å². The Labute approximate surface area is 230 Å². The van der Waals surface area contributed by atoms with Gasteiger partial charge in [0, 0.05) is 23.0 Å². The molecular weight excluding hydrogens is 502 g/mol. The number of rotatable bonds is 7. The lowest BCUT2D eigenvalue weighted by Gasteiger charge is -2.20. The number of hydrogen-bond acceptors (Lipinski definition) is 5. The summed E-state index contributed by atoms with van der Waals surface area (Å²) in [5, 5.41) is 12.9. The molecule has 0 bridgehead atoms. The molecule has 2 aromatic heterocycles. The minimum Gasteiger partial charge on any atom is -0.507 e. The fourth-order valence-corrected chi connectivity index (χ4v) is 5.37. The van der Waals surface area contributed by atoms with E-state index in [9.17, 15) is 14.7 Å². The molecule has 0 aliphatic carbocycles. The van der Waals surface area contributed by atoms with Crippen molar-refractivity contribution in [3.63, 3.8) is 0 Å². The van der Waals surface area contributed by atoms with Crippen LogP contribution >= 0.6 is 0 Å². The molecular formula is C34H27NO5. The number of benzene rings is 4. The van der Waals surface area contributed by atoms with Crippen LogP contribution in [0.5, 0.6) is 5.75 Å². The number of nitrogens with one attached hydrogen (secondary N) is 1. The zero-order valence-corrected chi connectivity index (χ0v) is 21.9. The second-order valence-electron chi connectivity index (χ2n) is 9.81. The van der Waals surface area contributed by atoms with Crippen molar-refractivity contribution in [3.05, 3.63) is 147 Å². The number of aromatic amines is 1. The maximum atomic E-state index is 13.5. The molecule has 0 fully saturated rings. The lowest BCUT2D eigenvalue weighted by molar-refractivity contribution is 0.0509. The molecule has 1 unspecified atom stereocenters. The third-order valence-corrected chi connectivity index (χ3v) is 7.21. The zero-order valence-electron chi connectivity index (χ0n) is 21.9. The van der Waals surface area contributed by atoms with Crippen molar-refractivity contribution in [2.75, 3.05) is 6.61 Å². The van der Waals surface area contributed by atoms with Gasteiger partial charge in [0.15, 0.2) is 0 Å². The summed E-state index contributed by atoms with van der Waals surface area (Å²) in [5.74, 6) is -1.17. The fourth-order valence-electron chi connectivity index (χ4n) is 5.37. The lowest BCUT2D eigenvalue weighted by atomic mass is 9.85. The Morgan fingerprint density at radius 2 is 1.62 bits per heavy atom. The second-order valence-corrected chi connectivity index (χ2v) is 9.81. The Kier molecular flexibility index (Phi) is 6.66. The van der Waals surface area contributed by atoms with Crippen molar-refractivity contribution in [1.29, 1.82) is 0 Å². The van der Waals surface area contributed by atoms with Crippen molar-refractivity contribution in [3.8, 4) is 5.75 Å². The Balaban J connectivity index is 1.50. The summed E-state index contributed by atoms with van der Waals surface area (Å²) in [4.78, 5) is 29.7. The highest BCUT2D eigenvalue weighted by molar-refractivity contribution is 5.90. The van der Waals surface area contributed by atoms with E-state index in [0.29, 0.717) is 23.0 Å². The Morgan fingerprint density at radius 1 is 0.900 bits per heavy atom. The van der Waals surface area contributed by atoms with Gasteiger partial charge in [0.2, 0.25) is 0 Å². The Bertz CT molecular complexity index is 1900. The third kappa shape index (κ3) is 4.64. The topological polar surface area (TPSA) is 92.5 Å². The van der Waals surface area contributed by atoms with Crippen molar-refractivity contribution < 1.29 is 19.1 Å². The van der Waals surface area contributed by atoms with Crippen LogP contribution in [0, 0.1) is 6.92 Å².